The normalized spacial score (nSPS) is 15.7. The lowest BCUT2D eigenvalue weighted by molar-refractivity contribution is 0.0204. The van der Waals surface area contributed by atoms with Gasteiger partial charge in [-0.25, -0.2) is 14.0 Å². The Morgan fingerprint density at radius 1 is 1.21 bits per heavy atom. The number of rotatable bonds is 3. The fourth-order valence-corrected chi connectivity index (χ4v) is 3.57. The molecule has 1 aromatic carbocycles. The summed E-state index contributed by atoms with van der Waals surface area (Å²) in [6.45, 7) is 8.63. The average molecular weight is 390 g/mol. The number of ether oxygens (including phenoxy) is 2. The number of carbonyl (C=O) groups is 2. The quantitative estimate of drug-likeness (QED) is 0.778. The first-order valence-corrected chi connectivity index (χ1v) is 9.65. The third-order valence-electron chi connectivity index (χ3n) is 4.81. The van der Waals surface area contributed by atoms with Crippen LogP contribution >= 0.6 is 0 Å². The van der Waals surface area contributed by atoms with Crippen molar-refractivity contribution >= 4 is 23.0 Å². The van der Waals surface area contributed by atoms with Crippen molar-refractivity contribution in [1.29, 1.82) is 0 Å². The number of likely N-dealkylation sites (tertiary alicyclic amines) is 1. The molecular formula is C21H27FN2O4. The second-order valence-corrected chi connectivity index (χ2v) is 8.10. The number of carbonyl (C=O) groups excluding carboxylic acids is 2. The fourth-order valence-electron chi connectivity index (χ4n) is 3.57. The number of benzene rings is 1. The van der Waals surface area contributed by atoms with Gasteiger partial charge in [-0.15, -0.1) is 0 Å². The molecule has 1 aliphatic rings. The zero-order valence-corrected chi connectivity index (χ0v) is 16.8. The molecule has 6 nitrogen and oxygen atoms in total. The maximum absolute atomic E-state index is 14.2. The molecule has 1 saturated heterocycles. The Balaban J connectivity index is 1.79. The number of amides is 1. The van der Waals surface area contributed by atoms with Gasteiger partial charge in [0.25, 0.3) is 0 Å². The molecule has 0 spiro atoms. The highest BCUT2D eigenvalue weighted by Crippen LogP contribution is 2.34. The molecule has 152 valence electrons. The number of nitrogens with one attached hydrogen (secondary N) is 1. The van der Waals surface area contributed by atoms with E-state index >= 15 is 0 Å². The van der Waals surface area contributed by atoms with E-state index in [-0.39, 0.29) is 24.4 Å². The van der Waals surface area contributed by atoms with Gasteiger partial charge in [-0.05, 0) is 70.2 Å². The van der Waals surface area contributed by atoms with E-state index in [1.165, 1.54) is 12.1 Å². The number of nitrogens with zero attached hydrogens (tertiary/aromatic N) is 1. The third-order valence-corrected chi connectivity index (χ3v) is 4.81. The summed E-state index contributed by atoms with van der Waals surface area (Å²) in [5, 5.41) is 0.646. The van der Waals surface area contributed by atoms with Gasteiger partial charge in [-0.1, -0.05) is 0 Å². The van der Waals surface area contributed by atoms with Gasteiger partial charge in [-0.2, -0.15) is 0 Å². The number of halogens is 1. The predicted octanol–water partition coefficient (Wildman–Crippen LogP) is 4.60. The molecule has 28 heavy (non-hydrogen) atoms. The second-order valence-electron chi connectivity index (χ2n) is 8.10. The highest BCUT2D eigenvalue weighted by molar-refractivity contribution is 5.96. The Bertz CT molecular complexity index is 876. The lowest BCUT2D eigenvalue weighted by atomic mass is 9.88. The number of esters is 1. The van der Waals surface area contributed by atoms with Gasteiger partial charge in [0.1, 0.15) is 17.1 Å². The summed E-state index contributed by atoms with van der Waals surface area (Å²) in [4.78, 5) is 29.0. The molecule has 1 aromatic heterocycles. The Labute approximate surface area is 164 Å². The molecule has 0 saturated carbocycles. The number of aromatic nitrogens is 1. The number of hydrogen-bond donors (Lipinski definition) is 1. The molecule has 0 atom stereocenters. The van der Waals surface area contributed by atoms with E-state index in [2.05, 4.69) is 4.98 Å². The van der Waals surface area contributed by atoms with Gasteiger partial charge in [0.2, 0.25) is 0 Å². The molecule has 0 unspecified atom stereocenters. The maximum atomic E-state index is 14.2. The van der Waals surface area contributed by atoms with Crippen LogP contribution in [0.5, 0.6) is 0 Å². The number of aromatic amines is 1. The van der Waals surface area contributed by atoms with Crippen molar-refractivity contribution < 1.29 is 23.5 Å². The molecule has 1 fully saturated rings. The average Bonchev–Trinajstić information content (AvgIpc) is 3.04. The lowest BCUT2D eigenvalue weighted by Gasteiger charge is -2.33. The molecule has 1 aliphatic heterocycles. The van der Waals surface area contributed by atoms with Crippen LogP contribution in [0.3, 0.4) is 0 Å². The molecule has 1 N–H and O–H groups in total. The van der Waals surface area contributed by atoms with E-state index < -0.39 is 11.6 Å². The van der Waals surface area contributed by atoms with Gasteiger partial charge in [0.05, 0.1) is 6.61 Å². The zero-order valence-electron chi connectivity index (χ0n) is 16.8. The molecule has 2 aromatic rings. The highest BCUT2D eigenvalue weighted by Gasteiger charge is 2.29. The van der Waals surface area contributed by atoms with Crippen LogP contribution in [0.25, 0.3) is 10.9 Å². The zero-order chi connectivity index (χ0) is 20.5. The topological polar surface area (TPSA) is 71.6 Å². The highest BCUT2D eigenvalue weighted by atomic mass is 19.1. The van der Waals surface area contributed by atoms with E-state index in [0.29, 0.717) is 37.0 Å². The van der Waals surface area contributed by atoms with Crippen LogP contribution in [0.1, 0.15) is 62.5 Å². The van der Waals surface area contributed by atoms with Crippen LogP contribution in [0.15, 0.2) is 18.2 Å². The van der Waals surface area contributed by atoms with Gasteiger partial charge < -0.3 is 19.4 Å². The molecule has 0 aliphatic carbocycles. The minimum Gasteiger partial charge on any atom is -0.461 e. The summed E-state index contributed by atoms with van der Waals surface area (Å²) < 4.78 is 24.6. The Morgan fingerprint density at radius 3 is 2.50 bits per heavy atom. The standard InChI is InChI=1S/C21H27FN2O4/c1-5-27-19(25)17-11-14-10-15(22)12-16(18(14)23-17)13-6-8-24(9-7-13)20(26)28-21(2,3)4/h10-13,23H,5-9H2,1-4H3. The molecule has 3 rings (SSSR count). The molecule has 1 amide bonds. The monoisotopic (exact) mass is 390 g/mol. The van der Waals surface area contributed by atoms with Gasteiger partial charge in [0.15, 0.2) is 0 Å². The number of hydrogen-bond acceptors (Lipinski definition) is 4. The number of fused-ring (bicyclic) bond motifs is 1. The van der Waals surface area contributed by atoms with Gasteiger partial charge in [-0.3, -0.25) is 0 Å². The predicted molar refractivity (Wildman–Crippen MR) is 104 cm³/mol. The van der Waals surface area contributed by atoms with Crippen molar-refractivity contribution in [1.82, 2.24) is 9.88 Å². The molecule has 2 heterocycles. The first kappa shape index (κ1) is 20.2. The van der Waals surface area contributed by atoms with E-state index in [0.717, 1.165) is 11.1 Å². The van der Waals surface area contributed by atoms with Crippen molar-refractivity contribution in [2.45, 2.75) is 52.1 Å². The summed E-state index contributed by atoms with van der Waals surface area (Å²) in [7, 11) is 0. The first-order valence-electron chi connectivity index (χ1n) is 9.65. The Hall–Kier alpha value is -2.57. The summed E-state index contributed by atoms with van der Waals surface area (Å²) in [6, 6.07) is 4.55. The lowest BCUT2D eigenvalue weighted by Crippen LogP contribution is -2.41. The minimum absolute atomic E-state index is 0.0885. The minimum atomic E-state index is -0.531. The van der Waals surface area contributed by atoms with Crippen LogP contribution in [0, 0.1) is 5.82 Å². The maximum Gasteiger partial charge on any atom is 0.410 e. The summed E-state index contributed by atoms with van der Waals surface area (Å²) in [6.07, 6.45) is 1.08. The largest absolute Gasteiger partial charge is 0.461 e. The van der Waals surface area contributed by atoms with E-state index in [9.17, 15) is 14.0 Å². The molecular weight excluding hydrogens is 363 g/mol. The van der Waals surface area contributed by atoms with Crippen LogP contribution in [-0.4, -0.2) is 47.2 Å². The molecule has 0 bridgehead atoms. The van der Waals surface area contributed by atoms with Crippen LogP contribution in [0.4, 0.5) is 9.18 Å². The van der Waals surface area contributed by atoms with Crippen molar-refractivity contribution in [2.75, 3.05) is 19.7 Å². The molecule has 7 heteroatoms. The van der Waals surface area contributed by atoms with Crippen molar-refractivity contribution in [3.63, 3.8) is 0 Å². The Morgan fingerprint density at radius 2 is 1.89 bits per heavy atom. The van der Waals surface area contributed by atoms with E-state index in [1.807, 2.05) is 20.8 Å². The first-order chi connectivity index (χ1) is 13.2. The SMILES string of the molecule is CCOC(=O)c1cc2cc(F)cc(C3CCN(C(=O)OC(C)(C)C)CC3)c2[nH]1. The van der Waals surface area contributed by atoms with E-state index in [4.69, 9.17) is 9.47 Å². The fraction of sp³-hybridized carbons (Fsp3) is 0.524. The van der Waals surface area contributed by atoms with Crippen LogP contribution < -0.4 is 0 Å². The van der Waals surface area contributed by atoms with E-state index in [1.54, 1.807) is 17.9 Å². The number of piperidine rings is 1. The van der Waals surface area contributed by atoms with Crippen molar-refractivity contribution in [2.24, 2.45) is 0 Å². The van der Waals surface area contributed by atoms with Gasteiger partial charge >= 0.3 is 12.1 Å². The number of H-pyrrole nitrogens is 1. The Kier molecular flexibility index (Phi) is 5.63. The van der Waals surface area contributed by atoms with Crippen LogP contribution in [-0.2, 0) is 9.47 Å². The van der Waals surface area contributed by atoms with Gasteiger partial charge in [0, 0.05) is 24.0 Å². The van der Waals surface area contributed by atoms with Crippen LogP contribution in [0.2, 0.25) is 0 Å². The summed E-state index contributed by atoms with van der Waals surface area (Å²) in [5.41, 5.74) is 1.36. The molecule has 0 radical (unpaired) electrons. The smallest absolute Gasteiger partial charge is 0.410 e. The van der Waals surface area contributed by atoms with Crippen molar-refractivity contribution in [3.8, 4) is 0 Å². The summed E-state index contributed by atoms with van der Waals surface area (Å²) >= 11 is 0. The third kappa shape index (κ3) is 4.46. The summed E-state index contributed by atoms with van der Waals surface area (Å²) in [5.74, 6) is -0.707. The second kappa shape index (κ2) is 7.81. The van der Waals surface area contributed by atoms with Crippen molar-refractivity contribution in [3.05, 3.63) is 35.3 Å².